The Hall–Kier alpha value is -1.88. The second-order valence-corrected chi connectivity index (χ2v) is 10.5. The van der Waals surface area contributed by atoms with Crippen LogP contribution in [0, 0.1) is 0 Å². The molecule has 8 nitrogen and oxygen atoms in total. The molecule has 11 heteroatoms. The van der Waals surface area contributed by atoms with Crippen molar-refractivity contribution in [2.75, 3.05) is 33.2 Å². The molecule has 3 rings (SSSR count). The van der Waals surface area contributed by atoms with Crippen molar-refractivity contribution in [2.24, 2.45) is 0 Å². The molecule has 0 spiro atoms. The largest absolute Gasteiger partial charge is 0.490 e. The van der Waals surface area contributed by atoms with Crippen LogP contribution in [0.2, 0.25) is 10.0 Å². The van der Waals surface area contributed by atoms with E-state index in [-0.39, 0.29) is 23.1 Å². The van der Waals surface area contributed by atoms with Gasteiger partial charge < -0.3 is 20.1 Å². The second kappa shape index (κ2) is 11.5. The summed E-state index contributed by atoms with van der Waals surface area (Å²) in [5, 5.41) is 13.9. The molecule has 1 heterocycles. The third-order valence-electron chi connectivity index (χ3n) is 5.37. The number of carbonyl (C=O) groups excluding carboxylic acids is 1. The summed E-state index contributed by atoms with van der Waals surface area (Å²) in [6, 6.07) is 10.9. The van der Waals surface area contributed by atoms with E-state index in [1.807, 2.05) is 0 Å². The maximum atomic E-state index is 12.4. The molecule has 0 bridgehead atoms. The monoisotopic (exact) mass is 515 g/mol. The van der Waals surface area contributed by atoms with E-state index in [1.165, 1.54) is 31.3 Å². The molecule has 1 atom stereocenters. The smallest absolute Gasteiger partial charge is 0.251 e. The fourth-order valence-corrected chi connectivity index (χ4v) is 4.61. The molecule has 0 radical (unpaired) electrons. The van der Waals surface area contributed by atoms with Crippen LogP contribution in [0.5, 0.6) is 5.75 Å². The van der Waals surface area contributed by atoms with Crippen molar-refractivity contribution in [3.05, 3.63) is 58.1 Å². The van der Waals surface area contributed by atoms with Crippen LogP contribution in [0.1, 0.15) is 23.2 Å². The van der Waals surface area contributed by atoms with Crippen LogP contribution in [0.4, 0.5) is 0 Å². The van der Waals surface area contributed by atoms with Crippen molar-refractivity contribution in [3.63, 3.8) is 0 Å². The van der Waals surface area contributed by atoms with Gasteiger partial charge in [0.05, 0.1) is 21.0 Å². The van der Waals surface area contributed by atoms with E-state index in [0.717, 1.165) is 25.9 Å². The minimum absolute atomic E-state index is 0.00385. The molecule has 1 aliphatic rings. The summed E-state index contributed by atoms with van der Waals surface area (Å²) < 4.78 is 32.0. The molecule has 0 aromatic heterocycles. The molecule has 1 amide bonds. The Morgan fingerprint density at radius 1 is 1.18 bits per heavy atom. The van der Waals surface area contributed by atoms with Crippen LogP contribution >= 0.6 is 23.2 Å². The quantitative estimate of drug-likeness (QED) is 0.473. The molecule has 0 saturated carbocycles. The number of ether oxygens (including phenoxy) is 1. The summed E-state index contributed by atoms with van der Waals surface area (Å²) in [4.78, 5) is 14.5. The van der Waals surface area contributed by atoms with Gasteiger partial charge in [-0.3, -0.25) is 4.79 Å². The van der Waals surface area contributed by atoms with Gasteiger partial charge in [0.25, 0.3) is 5.91 Å². The first-order valence-corrected chi connectivity index (χ1v) is 12.8. The zero-order chi connectivity index (χ0) is 24.0. The number of piperidine rings is 1. The molecule has 3 N–H and O–H groups in total. The number of hydrogen-bond donors (Lipinski definition) is 3. The number of amides is 1. The number of sulfonamides is 1. The van der Waals surface area contributed by atoms with Gasteiger partial charge in [0.2, 0.25) is 10.0 Å². The second-order valence-electron chi connectivity index (χ2n) is 7.79. The molecule has 0 aliphatic carbocycles. The molecule has 1 saturated heterocycles. The fourth-order valence-electron chi connectivity index (χ4n) is 3.55. The highest BCUT2D eigenvalue weighted by Gasteiger charge is 2.23. The SMILES string of the molecule is CNS(=O)(=O)c1cccc(C(=O)NCC(O)CN2CCC(Oc3ccc(Cl)c(Cl)c3)CC2)c1. The van der Waals surface area contributed by atoms with Gasteiger partial charge in [0.15, 0.2) is 0 Å². The van der Waals surface area contributed by atoms with Crippen molar-refractivity contribution in [2.45, 2.75) is 29.9 Å². The van der Waals surface area contributed by atoms with E-state index in [2.05, 4.69) is 14.9 Å². The number of nitrogens with zero attached hydrogens (tertiary/aromatic N) is 1. The van der Waals surface area contributed by atoms with Gasteiger partial charge in [-0.15, -0.1) is 0 Å². The molecule has 1 aliphatic heterocycles. The predicted octanol–water partition coefficient (Wildman–Crippen LogP) is 2.54. The van der Waals surface area contributed by atoms with Crippen molar-refractivity contribution >= 4 is 39.1 Å². The zero-order valence-corrected chi connectivity index (χ0v) is 20.5. The number of carbonyl (C=O) groups is 1. The average Bonchev–Trinajstić information content (AvgIpc) is 2.81. The molecule has 180 valence electrons. The number of aliphatic hydroxyl groups is 1. The molecular formula is C22H27Cl2N3O5S. The third-order valence-corrected chi connectivity index (χ3v) is 7.52. The molecular weight excluding hydrogens is 489 g/mol. The highest BCUT2D eigenvalue weighted by atomic mass is 35.5. The van der Waals surface area contributed by atoms with Crippen LogP contribution in [0.25, 0.3) is 0 Å². The first-order chi connectivity index (χ1) is 15.7. The first-order valence-electron chi connectivity index (χ1n) is 10.5. The Kier molecular flexibility index (Phi) is 8.97. The van der Waals surface area contributed by atoms with E-state index in [4.69, 9.17) is 27.9 Å². The number of halogens is 2. The number of hydrogen-bond acceptors (Lipinski definition) is 6. The highest BCUT2D eigenvalue weighted by molar-refractivity contribution is 7.89. The van der Waals surface area contributed by atoms with Crippen LogP contribution in [0.3, 0.4) is 0 Å². The van der Waals surface area contributed by atoms with Crippen molar-refractivity contribution < 1.29 is 23.1 Å². The Bertz CT molecular complexity index is 1080. The minimum atomic E-state index is -3.64. The third kappa shape index (κ3) is 7.30. The van der Waals surface area contributed by atoms with Gasteiger partial charge in [0, 0.05) is 37.8 Å². The Labute approximate surface area is 203 Å². The fraction of sp³-hybridized carbons (Fsp3) is 0.409. The highest BCUT2D eigenvalue weighted by Crippen LogP contribution is 2.28. The summed E-state index contributed by atoms with van der Waals surface area (Å²) in [5.74, 6) is 0.230. The number of β-amino-alcohol motifs (C(OH)–C–C–N with tert-alkyl or cyclic N) is 1. The Morgan fingerprint density at radius 3 is 2.58 bits per heavy atom. The van der Waals surface area contributed by atoms with Gasteiger partial charge in [-0.25, -0.2) is 13.1 Å². The predicted molar refractivity (Wildman–Crippen MR) is 128 cm³/mol. The average molecular weight is 516 g/mol. The van der Waals surface area contributed by atoms with Gasteiger partial charge >= 0.3 is 0 Å². The van der Waals surface area contributed by atoms with Gasteiger partial charge in [0.1, 0.15) is 11.9 Å². The lowest BCUT2D eigenvalue weighted by Gasteiger charge is -2.33. The maximum Gasteiger partial charge on any atom is 0.251 e. The molecule has 2 aromatic carbocycles. The van der Waals surface area contributed by atoms with Crippen molar-refractivity contribution in [1.29, 1.82) is 0 Å². The van der Waals surface area contributed by atoms with Crippen LogP contribution in [0.15, 0.2) is 47.4 Å². The summed E-state index contributed by atoms with van der Waals surface area (Å²) >= 11 is 12.0. The first kappa shape index (κ1) is 25.7. The zero-order valence-electron chi connectivity index (χ0n) is 18.1. The topological polar surface area (TPSA) is 108 Å². The van der Waals surface area contributed by atoms with Crippen LogP contribution in [-0.2, 0) is 10.0 Å². The van der Waals surface area contributed by atoms with Gasteiger partial charge in [-0.1, -0.05) is 29.3 Å². The molecule has 33 heavy (non-hydrogen) atoms. The lowest BCUT2D eigenvalue weighted by Crippen LogP contribution is -2.45. The summed E-state index contributed by atoms with van der Waals surface area (Å²) in [6.07, 6.45) is 0.889. The van der Waals surface area contributed by atoms with Crippen molar-refractivity contribution in [3.8, 4) is 5.75 Å². The number of likely N-dealkylation sites (tertiary alicyclic amines) is 1. The normalized spacial score (nSPS) is 16.4. The maximum absolute atomic E-state index is 12.4. The lowest BCUT2D eigenvalue weighted by molar-refractivity contribution is 0.0594. The number of benzene rings is 2. The van der Waals surface area contributed by atoms with Crippen molar-refractivity contribution in [1.82, 2.24) is 14.9 Å². The standard InChI is InChI=1S/C22H27Cl2N3O5S/c1-25-33(30,31)19-4-2-3-15(11-19)22(29)26-13-16(28)14-27-9-7-17(8-10-27)32-18-5-6-20(23)21(24)12-18/h2-6,11-12,16-17,25,28H,7-10,13-14H2,1H3,(H,26,29). The molecule has 1 fully saturated rings. The van der Waals surface area contributed by atoms with E-state index < -0.39 is 22.0 Å². The molecule has 2 aromatic rings. The Morgan fingerprint density at radius 2 is 1.91 bits per heavy atom. The van der Waals surface area contributed by atoms with Crippen LogP contribution in [-0.4, -0.2) is 69.8 Å². The van der Waals surface area contributed by atoms with Gasteiger partial charge in [-0.05, 0) is 50.2 Å². The Balaban J connectivity index is 1.42. The number of aliphatic hydroxyl groups excluding tert-OH is 1. The summed E-state index contributed by atoms with van der Waals surface area (Å²) in [7, 11) is -2.34. The number of nitrogens with one attached hydrogen (secondary N) is 2. The summed E-state index contributed by atoms with van der Waals surface area (Å²) in [5.41, 5.74) is 0.207. The minimum Gasteiger partial charge on any atom is -0.490 e. The molecule has 1 unspecified atom stereocenters. The lowest BCUT2D eigenvalue weighted by atomic mass is 10.1. The van der Waals surface area contributed by atoms with E-state index in [0.29, 0.717) is 22.3 Å². The number of rotatable bonds is 9. The van der Waals surface area contributed by atoms with E-state index >= 15 is 0 Å². The summed E-state index contributed by atoms with van der Waals surface area (Å²) in [6.45, 7) is 1.97. The van der Waals surface area contributed by atoms with E-state index in [1.54, 1.807) is 18.2 Å². The van der Waals surface area contributed by atoms with E-state index in [9.17, 15) is 18.3 Å². The van der Waals surface area contributed by atoms with Gasteiger partial charge in [-0.2, -0.15) is 0 Å². The van der Waals surface area contributed by atoms with Crippen LogP contribution < -0.4 is 14.8 Å².